The van der Waals surface area contributed by atoms with Crippen LogP contribution < -0.4 is 10.1 Å². The number of aryl methyl sites for hydroxylation is 1. The molecule has 0 saturated heterocycles. The molecule has 1 amide bonds. The first-order valence-corrected chi connectivity index (χ1v) is 7.13. The van der Waals surface area contributed by atoms with Crippen molar-refractivity contribution in [3.05, 3.63) is 58.4 Å². The lowest BCUT2D eigenvalue weighted by Gasteiger charge is -2.13. The Morgan fingerprint density at radius 3 is 3.14 bits per heavy atom. The predicted molar refractivity (Wildman–Crippen MR) is 80.5 cm³/mol. The third-order valence-electron chi connectivity index (χ3n) is 3.59. The lowest BCUT2D eigenvalue weighted by Crippen LogP contribution is -2.31. The number of benzene rings is 1. The number of nitrogens with zero attached hydrogens (tertiary/aromatic N) is 1. The van der Waals surface area contributed by atoms with Crippen LogP contribution in [-0.2, 0) is 11.2 Å². The van der Waals surface area contributed by atoms with E-state index in [0.29, 0.717) is 18.1 Å². The first-order chi connectivity index (χ1) is 10.1. The van der Waals surface area contributed by atoms with E-state index in [2.05, 4.69) is 10.3 Å². The summed E-state index contributed by atoms with van der Waals surface area (Å²) in [7, 11) is 0. The minimum atomic E-state index is -0.191. The normalized spacial score (nSPS) is 16.2. The zero-order valence-corrected chi connectivity index (χ0v) is 12.4. The number of carbonyl (C=O) groups excluding carboxylic acids is 1. The molecular formula is C16H15ClN2O2. The molecule has 1 unspecified atom stereocenters. The number of hydrogen-bond acceptors (Lipinski definition) is 3. The summed E-state index contributed by atoms with van der Waals surface area (Å²) in [5.74, 6) is 0.693. The molecule has 0 aliphatic carbocycles. The second kappa shape index (κ2) is 5.74. The van der Waals surface area contributed by atoms with Crippen LogP contribution in [0.1, 0.15) is 22.7 Å². The van der Waals surface area contributed by atoms with Crippen molar-refractivity contribution >= 4 is 17.5 Å². The summed E-state index contributed by atoms with van der Waals surface area (Å²) >= 11 is 6.19. The monoisotopic (exact) mass is 302 g/mol. The Kier molecular flexibility index (Phi) is 3.80. The standard InChI is InChI=1S/C16H15ClN2O2/c1-10-8-18-6-5-11(10)7-15(20)19-13-9-21-14-4-2-3-12(17)16(13)14/h2-6,8,13H,7,9H2,1H3,(H,19,20). The van der Waals surface area contributed by atoms with Crippen molar-refractivity contribution in [2.45, 2.75) is 19.4 Å². The fourth-order valence-corrected chi connectivity index (χ4v) is 2.77. The van der Waals surface area contributed by atoms with Gasteiger partial charge in [0.25, 0.3) is 0 Å². The van der Waals surface area contributed by atoms with Crippen LogP contribution in [0, 0.1) is 6.92 Å². The number of pyridine rings is 1. The predicted octanol–water partition coefficient (Wildman–Crippen LogP) is 2.84. The average Bonchev–Trinajstić information content (AvgIpc) is 2.86. The minimum Gasteiger partial charge on any atom is -0.491 e. The largest absolute Gasteiger partial charge is 0.491 e. The van der Waals surface area contributed by atoms with Gasteiger partial charge in [0.1, 0.15) is 12.4 Å². The highest BCUT2D eigenvalue weighted by molar-refractivity contribution is 6.31. The van der Waals surface area contributed by atoms with Crippen LogP contribution in [0.15, 0.2) is 36.7 Å². The molecule has 5 heteroatoms. The van der Waals surface area contributed by atoms with Crippen molar-refractivity contribution in [2.75, 3.05) is 6.61 Å². The zero-order chi connectivity index (χ0) is 14.8. The van der Waals surface area contributed by atoms with Crippen molar-refractivity contribution in [2.24, 2.45) is 0 Å². The molecule has 0 spiro atoms. The molecule has 4 nitrogen and oxygen atoms in total. The van der Waals surface area contributed by atoms with Gasteiger partial charge in [-0.15, -0.1) is 0 Å². The van der Waals surface area contributed by atoms with Gasteiger partial charge in [-0.05, 0) is 36.2 Å². The Morgan fingerprint density at radius 2 is 2.33 bits per heavy atom. The second-order valence-electron chi connectivity index (χ2n) is 5.06. The maximum atomic E-state index is 12.2. The number of aromatic nitrogens is 1. The molecule has 0 bridgehead atoms. The summed E-state index contributed by atoms with van der Waals surface area (Å²) in [4.78, 5) is 16.2. The molecule has 1 aromatic heterocycles. The Balaban J connectivity index is 1.72. The van der Waals surface area contributed by atoms with E-state index >= 15 is 0 Å². The van der Waals surface area contributed by atoms with Gasteiger partial charge in [0, 0.05) is 23.0 Å². The van der Waals surface area contributed by atoms with Gasteiger partial charge in [-0.25, -0.2) is 0 Å². The first-order valence-electron chi connectivity index (χ1n) is 6.75. The third-order valence-corrected chi connectivity index (χ3v) is 3.92. The van der Waals surface area contributed by atoms with Gasteiger partial charge in [0.05, 0.1) is 12.5 Å². The molecule has 0 saturated carbocycles. The Hall–Kier alpha value is -2.07. The van der Waals surface area contributed by atoms with Crippen LogP contribution in [0.3, 0.4) is 0 Å². The molecule has 1 aliphatic rings. The lowest BCUT2D eigenvalue weighted by molar-refractivity contribution is -0.121. The van der Waals surface area contributed by atoms with Crippen molar-refractivity contribution in [1.82, 2.24) is 10.3 Å². The van der Waals surface area contributed by atoms with E-state index in [0.717, 1.165) is 22.4 Å². The van der Waals surface area contributed by atoms with E-state index in [9.17, 15) is 4.79 Å². The summed E-state index contributed by atoms with van der Waals surface area (Å²) in [6.07, 6.45) is 3.78. The van der Waals surface area contributed by atoms with E-state index < -0.39 is 0 Å². The smallest absolute Gasteiger partial charge is 0.225 e. The molecule has 0 fully saturated rings. The van der Waals surface area contributed by atoms with Crippen molar-refractivity contribution in [1.29, 1.82) is 0 Å². The topological polar surface area (TPSA) is 51.2 Å². The molecule has 21 heavy (non-hydrogen) atoms. The maximum absolute atomic E-state index is 12.2. The van der Waals surface area contributed by atoms with E-state index in [4.69, 9.17) is 16.3 Å². The minimum absolute atomic E-state index is 0.0503. The summed E-state index contributed by atoms with van der Waals surface area (Å²) < 4.78 is 5.56. The van der Waals surface area contributed by atoms with Crippen LogP contribution in [0.4, 0.5) is 0 Å². The van der Waals surface area contributed by atoms with Crippen molar-refractivity contribution in [3.63, 3.8) is 0 Å². The van der Waals surface area contributed by atoms with Crippen LogP contribution in [0.2, 0.25) is 5.02 Å². The van der Waals surface area contributed by atoms with Crippen molar-refractivity contribution < 1.29 is 9.53 Å². The van der Waals surface area contributed by atoms with Crippen LogP contribution >= 0.6 is 11.6 Å². The highest BCUT2D eigenvalue weighted by Gasteiger charge is 2.27. The summed E-state index contributed by atoms with van der Waals surface area (Å²) in [6, 6.07) is 7.18. The molecule has 1 aliphatic heterocycles. The van der Waals surface area contributed by atoms with Crippen LogP contribution in [0.25, 0.3) is 0 Å². The van der Waals surface area contributed by atoms with E-state index in [-0.39, 0.29) is 11.9 Å². The molecule has 1 atom stereocenters. The Morgan fingerprint density at radius 1 is 1.48 bits per heavy atom. The molecule has 0 radical (unpaired) electrons. The summed E-state index contributed by atoms with van der Waals surface area (Å²) in [6.45, 7) is 2.36. The molecular weight excluding hydrogens is 288 g/mol. The highest BCUT2D eigenvalue weighted by atomic mass is 35.5. The summed E-state index contributed by atoms with van der Waals surface area (Å²) in [5.41, 5.74) is 2.84. The number of fused-ring (bicyclic) bond motifs is 1. The lowest BCUT2D eigenvalue weighted by atomic mass is 10.1. The molecule has 1 N–H and O–H groups in total. The van der Waals surface area contributed by atoms with Gasteiger partial charge >= 0.3 is 0 Å². The maximum Gasteiger partial charge on any atom is 0.225 e. The molecule has 2 heterocycles. The molecule has 1 aromatic carbocycles. The zero-order valence-electron chi connectivity index (χ0n) is 11.6. The number of ether oxygens (including phenoxy) is 1. The van der Waals surface area contributed by atoms with Crippen LogP contribution in [-0.4, -0.2) is 17.5 Å². The van der Waals surface area contributed by atoms with Crippen molar-refractivity contribution in [3.8, 4) is 5.75 Å². The number of halogens is 1. The quantitative estimate of drug-likeness (QED) is 0.948. The number of hydrogen-bond donors (Lipinski definition) is 1. The van der Waals surface area contributed by atoms with Gasteiger partial charge in [-0.2, -0.15) is 0 Å². The van der Waals surface area contributed by atoms with E-state index in [1.165, 1.54) is 0 Å². The van der Waals surface area contributed by atoms with Gasteiger partial charge in [-0.3, -0.25) is 9.78 Å². The van der Waals surface area contributed by atoms with Crippen LogP contribution in [0.5, 0.6) is 5.75 Å². The number of amides is 1. The van der Waals surface area contributed by atoms with Gasteiger partial charge in [-0.1, -0.05) is 17.7 Å². The highest BCUT2D eigenvalue weighted by Crippen LogP contribution is 2.37. The first kappa shape index (κ1) is 13.9. The Labute approximate surface area is 128 Å². The molecule has 108 valence electrons. The number of nitrogens with one attached hydrogen (secondary N) is 1. The third kappa shape index (κ3) is 2.85. The fourth-order valence-electron chi connectivity index (χ4n) is 2.47. The number of rotatable bonds is 3. The fraction of sp³-hybridized carbons (Fsp3) is 0.250. The van der Waals surface area contributed by atoms with Gasteiger partial charge in [0.2, 0.25) is 5.91 Å². The van der Waals surface area contributed by atoms with Gasteiger partial charge in [0.15, 0.2) is 0 Å². The average molecular weight is 303 g/mol. The molecule has 2 aromatic rings. The van der Waals surface area contributed by atoms with E-state index in [1.807, 2.05) is 25.1 Å². The van der Waals surface area contributed by atoms with E-state index in [1.54, 1.807) is 18.5 Å². The second-order valence-corrected chi connectivity index (χ2v) is 5.47. The Bertz CT molecular complexity index is 688. The molecule has 3 rings (SSSR count). The number of carbonyl (C=O) groups is 1. The summed E-state index contributed by atoms with van der Waals surface area (Å²) in [5, 5.41) is 3.60. The SMILES string of the molecule is Cc1cnccc1CC(=O)NC1COc2cccc(Cl)c21. The van der Waals surface area contributed by atoms with Gasteiger partial charge < -0.3 is 10.1 Å².